The molecule has 31 heavy (non-hydrogen) atoms. The van der Waals surface area contributed by atoms with Gasteiger partial charge < -0.3 is 4.74 Å². The average molecular weight is 415 g/mol. The third-order valence-corrected chi connectivity index (χ3v) is 5.85. The lowest BCUT2D eigenvalue weighted by Crippen LogP contribution is -2.29. The van der Waals surface area contributed by atoms with E-state index in [2.05, 4.69) is 27.7 Å². The third-order valence-electron chi connectivity index (χ3n) is 5.85. The molecule has 158 valence electrons. The van der Waals surface area contributed by atoms with Crippen molar-refractivity contribution in [1.29, 1.82) is 0 Å². The van der Waals surface area contributed by atoms with Crippen LogP contribution in [0.2, 0.25) is 0 Å². The van der Waals surface area contributed by atoms with Crippen LogP contribution in [0.25, 0.3) is 32.7 Å². The highest BCUT2D eigenvalue weighted by molar-refractivity contribution is 6.13. The second-order valence-corrected chi connectivity index (χ2v) is 8.71. The monoisotopic (exact) mass is 414 g/mol. The first-order chi connectivity index (χ1) is 14.9. The minimum Gasteiger partial charge on any atom is -0.458 e. The Bertz CT molecular complexity index is 1250. The summed E-state index contributed by atoms with van der Waals surface area (Å²) in [4.78, 5) is 13.4. The van der Waals surface area contributed by atoms with Crippen LogP contribution < -0.4 is 0 Å². The van der Waals surface area contributed by atoms with Crippen molar-refractivity contribution in [3.05, 3.63) is 84.2 Å². The van der Waals surface area contributed by atoms with Crippen LogP contribution in [-0.4, -0.2) is 12.1 Å². The van der Waals surface area contributed by atoms with E-state index in [-0.39, 0.29) is 29.7 Å². The number of fused-ring (bicyclic) bond motifs is 2. The van der Waals surface area contributed by atoms with E-state index in [0.29, 0.717) is 10.9 Å². The average Bonchev–Trinajstić information content (AvgIpc) is 2.77. The lowest BCUT2D eigenvalue weighted by Gasteiger charge is -2.25. The summed E-state index contributed by atoms with van der Waals surface area (Å²) >= 11 is 0. The second kappa shape index (κ2) is 8.50. The first-order valence-corrected chi connectivity index (χ1v) is 10.8. The number of hydrogen-bond acceptors (Lipinski definition) is 2. The molecule has 0 aliphatic rings. The summed E-state index contributed by atoms with van der Waals surface area (Å²) in [6.07, 6.45) is -0.184. The van der Waals surface area contributed by atoms with Crippen molar-refractivity contribution in [2.24, 2.45) is 11.8 Å². The standard InChI is InChI=1S/C28H27FO2/c1-17(2)27(18(3)4)31-28(30)24-14-13-19-9-5-6-10-20(19)26(24)23-15-16-25(29)22-12-8-7-11-21(22)23/h5-18,27H,1-4H3. The van der Waals surface area contributed by atoms with Gasteiger partial charge in [-0.1, -0.05) is 88.4 Å². The number of carbonyl (C=O) groups is 1. The number of halogens is 1. The highest BCUT2D eigenvalue weighted by Gasteiger charge is 2.25. The molecule has 0 bridgehead atoms. The molecule has 0 saturated carbocycles. The highest BCUT2D eigenvalue weighted by atomic mass is 19.1. The first-order valence-electron chi connectivity index (χ1n) is 10.8. The fourth-order valence-corrected chi connectivity index (χ4v) is 4.44. The molecule has 4 rings (SSSR count). The number of carbonyl (C=O) groups excluding carboxylic acids is 1. The summed E-state index contributed by atoms with van der Waals surface area (Å²) in [6.45, 7) is 8.25. The lowest BCUT2D eigenvalue weighted by molar-refractivity contribution is 0.00334. The van der Waals surface area contributed by atoms with Crippen molar-refractivity contribution >= 4 is 27.5 Å². The summed E-state index contributed by atoms with van der Waals surface area (Å²) < 4.78 is 20.5. The Morgan fingerprint density at radius 2 is 1.35 bits per heavy atom. The summed E-state index contributed by atoms with van der Waals surface area (Å²) in [6, 6.07) is 22.3. The summed E-state index contributed by atoms with van der Waals surface area (Å²) in [5, 5.41) is 3.28. The number of ether oxygens (including phenoxy) is 1. The maximum Gasteiger partial charge on any atom is 0.339 e. The Kier molecular flexibility index (Phi) is 5.77. The molecule has 2 nitrogen and oxygen atoms in total. The number of esters is 1. The molecule has 0 atom stereocenters. The summed E-state index contributed by atoms with van der Waals surface area (Å²) in [5.41, 5.74) is 2.11. The number of benzene rings is 4. The molecule has 0 radical (unpaired) electrons. The zero-order chi connectivity index (χ0) is 22.1. The van der Waals surface area contributed by atoms with Crippen LogP contribution in [0.15, 0.2) is 72.8 Å². The van der Waals surface area contributed by atoms with Gasteiger partial charge in [-0.3, -0.25) is 0 Å². The van der Waals surface area contributed by atoms with E-state index < -0.39 is 0 Å². The van der Waals surface area contributed by atoms with Gasteiger partial charge in [0.2, 0.25) is 0 Å². The van der Waals surface area contributed by atoms with Crippen molar-refractivity contribution in [2.45, 2.75) is 33.8 Å². The van der Waals surface area contributed by atoms with E-state index in [1.54, 1.807) is 12.1 Å². The lowest BCUT2D eigenvalue weighted by atomic mass is 9.89. The zero-order valence-corrected chi connectivity index (χ0v) is 18.4. The fraction of sp³-hybridized carbons (Fsp3) is 0.250. The predicted octanol–water partition coefficient (Wildman–Crippen LogP) is 7.64. The minimum absolute atomic E-state index is 0.184. The first kappa shape index (κ1) is 21.0. The summed E-state index contributed by atoms with van der Waals surface area (Å²) in [5.74, 6) is -0.205. The molecule has 0 N–H and O–H groups in total. The molecule has 4 aromatic rings. The van der Waals surface area contributed by atoms with Crippen molar-refractivity contribution in [2.75, 3.05) is 0 Å². The molecule has 0 saturated heterocycles. The van der Waals surface area contributed by atoms with Crippen LogP contribution in [-0.2, 0) is 4.74 Å². The van der Waals surface area contributed by atoms with Gasteiger partial charge in [0.05, 0.1) is 5.56 Å². The van der Waals surface area contributed by atoms with Crippen LogP contribution in [0.5, 0.6) is 0 Å². The van der Waals surface area contributed by atoms with Crippen LogP contribution in [0, 0.1) is 17.7 Å². The van der Waals surface area contributed by atoms with Gasteiger partial charge in [-0.25, -0.2) is 9.18 Å². The zero-order valence-electron chi connectivity index (χ0n) is 18.4. The Morgan fingerprint density at radius 1 is 0.742 bits per heavy atom. The van der Waals surface area contributed by atoms with Gasteiger partial charge in [-0.2, -0.15) is 0 Å². The molecular formula is C28H27FO2. The van der Waals surface area contributed by atoms with E-state index in [1.807, 2.05) is 54.6 Å². The quantitative estimate of drug-likeness (QED) is 0.314. The van der Waals surface area contributed by atoms with Crippen molar-refractivity contribution in [3.63, 3.8) is 0 Å². The topological polar surface area (TPSA) is 26.3 Å². The molecule has 0 heterocycles. The molecule has 0 aliphatic carbocycles. The van der Waals surface area contributed by atoms with E-state index in [1.165, 1.54) is 6.07 Å². The van der Waals surface area contributed by atoms with Gasteiger partial charge in [0.25, 0.3) is 0 Å². The van der Waals surface area contributed by atoms with Crippen LogP contribution >= 0.6 is 0 Å². The van der Waals surface area contributed by atoms with E-state index in [4.69, 9.17) is 4.74 Å². The Morgan fingerprint density at radius 3 is 2.03 bits per heavy atom. The van der Waals surface area contributed by atoms with E-state index >= 15 is 0 Å². The largest absolute Gasteiger partial charge is 0.458 e. The normalized spacial score (nSPS) is 11.7. The second-order valence-electron chi connectivity index (χ2n) is 8.71. The van der Waals surface area contributed by atoms with Gasteiger partial charge >= 0.3 is 5.97 Å². The van der Waals surface area contributed by atoms with E-state index in [0.717, 1.165) is 27.3 Å². The van der Waals surface area contributed by atoms with Gasteiger partial charge in [0.1, 0.15) is 11.9 Å². The van der Waals surface area contributed by atoms with Gasteiger partial charge in [-0.05, 0) is 45.7 Å². The maximum atomic E-state index is 14.5. The van der Waals surface area contributed by atoms with Crippen molar-refractivity contribution in [3.8, 4) is 11.1 Å². The minimum atomic E-state index is -0.346. The molecule has 0 amide bonds. The number of rotatable bonds is 5. The van der Waals surface area contributed by atoms with Gasteiger partial charge in [-0.15, -0.1) is 0 Å². The fourth-order valence-electron chi connectivity index (χ4n) is 4.44. The Balaban J connectivity index is 1.97. The molecule has 0 spiro atoms. The molecule has 0 aliphatic heterocycles. The van der Waals surface area contributed by atoms with Crippen molar-refractivity contribution in [1.82, 2.24) is 0 Å². The molecule has 0 fully saturated rings. The maximum absolute atomic E-state index is 14.5. The van der Waals surface area contributed by atoms with Crippen LogP contribution in [0.4, 0.5) is 4.39 Å². The molecule has 3 heteroatoms. The molecule has 0 aromatic heterocycles. The predicted molar refractivity (Wildman–Crippen MR) is 126 cm³/mol. The molecule has 4 aromatic carbocycles. The molecular weight excluding hydrogens is 387 g/mol. The Labute approximate surface area is 182 Å². The van der Waals surface area contributed by atoms with E-state index in [9.17, 15) is 9.18 Å². The smallest absolute Gasteiger partial charge is 0.339 e. The number of hydrogen-bond donors (Lipinski definition) is 0. The van der Waals surface area contributed by atoms with Crippen molar-refractivity contribution < 1.29 is 13.9 Å². The van der Waals surface area contributed by atoms with Gasteiger partial charge in [0, 0.05) is 10.9 Å². The molecule has 0 unspecified atom stereocenters. The Hall–Kier alpha value is -3.20. The third kappa shape index (κ3) is 3.93. The highest BCUT2D eigenvalue weighted by Crippen LogP contribution is 2.38. The van der Waals surface area contributed by atoms with Gasteiger partial charge in [0.15, 0.2) is 0 Å². The van der Waals surface area contributed by atoms with Crippen LogP contribution in [0.3, 0.4) is 0 Å². The van der Waals surface area contributed by atoms with Crippen LogP contribution in [0.1, 0.15) is 38.1 Å². The summed E-state index contributed by atoms with van der Waals surface area (Å²) in [7, 11) is 0. The SMILES string of the molecule is CC(C)C(OC(=O)c1ccc2ccccc2c1-c1ccc(F)c2ccccc12)C(C)C.